The first-order valence-corrected chi connectivity index (χ1v) is 12.2. The summed E-state index contributed by atoms with van der Waals surface area (Å²) >= 11 is 12.6. The molecular formula is C24H29Cl2FN4O2. The van der Waals surface area contributed by atoms with Crippen LogP contribution in [0.25, 0.3) is 0 Å². The predicted molar refractivity (Wildman–Crippen MR) is 125 cm³/mol. The first-order chi connectivity index (χ1) is 15.8. The molecule has 0 spiro atoms. The van der Waals surface area contributed by atoms with E-state index < -0.39 is 11.9 Å². The quantitative estimate of drug-likeness (QED) is 0.466. The highest BCUT2D eigenvalue weighted by atomic mass is 35.5. The third kappa shape index (κ3) is 5.35. The number of rotatable bonds is 7. The molecule has 0 aliphatic heterocycles. The number of benzene rings is 1. The van der Waals surface area contributed by atoms with Crippen molar-refractivity contribution in [1.82, 2.24) is 20.8 Å². The van der Waals surface area contributed by atoms with E-state index >= 15 is 0 Å². The predicted octanol–water partition coefficient (Wildman–Crippen LogP) is 5.12. The van der Waals surface area contributed by atoms with Gasteiger partial charge in [-0.1, -0.05) is 43.0 Å². The van der Waals surface area contributed by atoms with E-state index in [0.29, 0.717) is 12.8 Å². The maximum atomic E-state index is 14.9. The third-order valence-corrected chi connectivity index (χ3v) is 7.99. The number of carbonyl (C=O) groups is 2. The average molecular weight is 495 g/mol. The molecule has 33 heavy (non-hydrogen) atoms. The molecule has 1 aromatic carbocycles. The van der Waals surface area contributed by atoms with Gasteiger partial charge in [0.2, 0.25) is 11.8 Å². The van der Waals surface area contributed by atoms with Crippen LogP contribution >= 0.6 is 23.2 Å². The SMILES string of the molecule is CC1([C@H](NC(=O)[C@H]2CC[C@@H](NC(=O)Cc3ccn[nH]3)C2)c2c(F)ccc(Cl)c2Cl)CCCC1. The molecule has 9 heteroatoms. The van der Waals surface area contributed by atoms with E-state index in [1.54, 1.807) is 12.3 Å². The molecule has 3 N–H and O–H groups in total. The van der Waals surface area contributed by atoms with Crippen LogP contribution in [0.2, 0.25) is 10.0 Å². The normalized spacial score (nSPS) is 22.8. The maximum Gasteiger partial charge on any atom is 0.226 e. The number of halogens is 3. The van der Waals surface area contributed by atoms with E-state index in [2.05, 4.69) is 27.8 Å². The highest BCUT2D eigenvalue weighted by Gasteiger charge is 2.43. The van der Waals surface area contributed by atoms with Crippen LogP contribution < -0.4 is 10.6 Å². The Labute approximate surface area is 203 Å². The topological polar surface area (TPSA) is 86.9 Å². The largest absolute Gasteiger partial charge is 0.353 e. The Morgan fingerprint density at radius 2 is 2.00 bits per heavy atom. The van der Waals surface area contributed by atoms with Gasteiger partial charge in [-0.15, -0.1) is 0 Å². The summed E-state index contributed by atoms with van der Waals surface area (Å²) in [4.78, 5) is 25.6. The van der Waals surface area contributed by atoms with E-state index in [1.807, 2.05) is 0 Å². The molecule has 1 aromatic heterocycles. The van der Waals surface area contributed by atoms with Crippen LogP contribution in [0.5, 0.6) is 0 Å². The fourth-order valence-corrected chi connectivity index (χ4v) is 5.75. The van der Waals surface area contributed by atoms with Gasteiger partial charge < -0.3 is 10.6 Å². The Bertz CT molecular complexity index is 1010. The molecular weight excluding hydrogens is 466 g/mol. The van der Waals surface area contributed by atoms with E-state index in [-0.39, 0.29) is 51.2 Å². The first kappa shape index (κ1) is 24.0. The van der Waals surface area contributed by atoms with Crippen molar-refractivity contribution in [2.24, 2.45) is 11.3 Å². The smallest absolute Gasteiger partial charge is 0.226 e. The summed E-state index contributed by atoms with van der Waals surface area (Å²) in [7, 11) is 0. The summed E-state index contributed by atoms with van der Waals surface area (Å²) in [5.41, 5.74) is 0.707. The van der Waals surface area contributed by atoms with Crippen molar-refractivity contribution < 1.29 is 14.0 Å². The van der Waals surface area contributed by atoms with Crippen LogP contribution in [0.1, 0.15) is 69.2 Å². The van der Waals surface area contributed by atoms with Gasteiger partial charge in [0, 0.05) is 29.4 Å². The number of hydrogen-bond donors (Lipinski definition) is 3. The van der Waals surface area contributed by atoms with Crippen LogP contribution in [-0.4, -0.2) is 28.1 Å². The monoisotopic (exact) mass is 494 g/mol. The summed E-state index contributed by atoms with van der Waals surface area (Å²) < 4.78 is 14.9. The lowest BCUT2D eigenvalue weighted by Crippen LogP contribution is -2.42. The van der Waals surface area contributed by atoms with Crippen LogP contribution in [0.4, 0.5) is 4.39 Å². The zero-order valence-corrected chi connectivity index (χ0v) is 20.1. The van der Waals surface area contributed by atoms with Crippen molar-refractivity contribution in [3.63, 3.8) is 0 Å². The second kappa shape index (κ2) is 10.0. The summed E-state index contributed by atoms with van der Waals surface area (Å²) in [5, 5.41) is 13.2. The maximum absolute atomic E-state index is 14.9. The zero-order chi connectivity index (χ0) is 23.6. The number of nitrogens with one attached hydrogen (secondary N) is 3. The van der Waals surface area contributed by atoms with Gasteiger partial charge in [-0.2, -0.15) is 5.10 Å². The molecule has 2 saturated carbocycles. The summed E-state index contributed by atoms with van der Waals surface area (Å²) in [6.45, 7) is 2.08. The Kier molecular flexibility index (Phi) is 7.29. The molecule has 4 rings (SSSR count). The number of amides is 2. The van der Waals surface area contributed by atoms with Crippen LogP contribution in [-0.2, 0) is 16.0 Å². The molecule has 2 fully saturated rings. The third-order valence-electron chi connectivity index (χ3n) is 7.18. The number of carbonyl (C=O) groups excluding carboxylic acids is 2. The molecule has 2 aliphatic rings. The van der Waals surface area contributed by atoms with Gasteiger partial charge >= 0.3 is 0 Å². The standard InChI is InChI=1S/C24H29Cl2FN4O2/c1-24(9-2-3-10-24)22(20-18(27)7-6-17(25)21(20)26)30-23(33)14-4-5-15(12-14)29-19(32)13-16-8-11-28-31-16/h6-8,11,14-15,22H,2-5,9-10,12-13H2,1H3,(H,28,31)(H,29,32)(H,30,33)/t14-,15+,22+/m0/s1. The summed E-state index contributed by atoms with van der Waals surface area (Å²) in [6, 6.07) is 3.87. The lowest BCUT2D eigenvalue weighted by molar-refractivity contribution is -0.127. The molecule has 3 atom stereocenters. The minimum atomic E-state index is -0.562. The van der Waals surface area contributed by atoms with Gasteiger partial charge in [-0.25, -0.2) is 4.39 Å². The second-order valence-electron chi connectivity index (χ2n) is 9.59. The van der Waals surface area contributed by atoms with Gasteiger partial charge in [-0.05, 0) is 55.7 Å². The lowest BCUT2D eigenvalue weighted by atomic mass is 9.76. The molecule has 0 radical (unpaired) electrons. The summed E-state index contributed by atoms with van der Waals surface area (Å²) in [5.74, 6) is -0.947. The minimum Gasteiger partial charge on any atom is -0.353 e. The van der Waals surface area contributed by atoms with E-state index in [0.717, 1.165) is 37.8 Å². The molecule has 2 amide bonds. The molecule has 2 aliphatic carbocycles. The van der Waals surface area contributed by atoms with Crippen molar-refractivity contribution in [2.45, 2.75) is 70.4 Å². The van der Waals surface area contributed by atoms with Crippen molar-refractivity contribution in [1.29, 1.82) is 0 Å². The molecule has 0 unspecified atom stereocenters. The van der Waals surface area contributed by atoms with Gasteiger partial charge in [-0.3, -0.25) is 14.7 Å². The van der Waals surface area contributed by atoms with Gasteiger partial charge in [0.15, 0.2) is 0 Å². The molecule has 6 nitrogen and oxygen atoms in total. The summed E-state index contributed by atoms with van der Waals surface area (Å²) in [6.07, 6.45) is 7.56. The molecule has 0 saturated heterocycles. The molecule has 2 aromatic rings. The fourth-order valence-electron chi connectivity index (χ4n) is 5.32. The van der Waals surface area contributed by atoms with E-state index in [9.17, 15) is 14.0 Å². The average Bonchev–Trinajstić information content (AvgIpc) is 3.53. The Morgan fingerprint density at radius 3 is 2.70 bits per heavy atom. The number of aromatic amines is 1. The van der Waals surface area contributed by atoms with Crippen molar-refractivity contribution >= 4 is 35.0 Å². The first-order valence-electron chi connectivity index (χ1n) is 11.5. The van der Waals surface area contributed by atoms with Crippen LogP contribution in [0.3, 0.4) is 0 Å². The van der Waals surface area contributed by atoms with Crippen molar-refractivity contribution in [2.75, 3.05) is 0 Å². The zero-order valence-electron chi connectivity index (χ0n) is 18.6. The van der Waals surface area contributed by atoms with Gasteiger partial charge in [0.25, 0.3) is 0 Å². The lowest BCUT2D eigenvalue weighted by Gasteiger charge is -2.36. The highest BCUT2D eigenvalue weighted by Crippen LogP contribution is 2.50. The molecule has 0 bridgehead atoms. The van der Waals surface area contributed by atoms with Crippen LogP contribution in [0, 0.1) is 17.2 Å². The number of aromatic nitrogens is 2. The Balaban J connectivity index is 1.45. The fraction of sp³-hybridized carbons (Fsp3) is 0.542. The minimum absolute atomic E-state index is 0.0665. The number of H-pyrrole nitrogens is 1. The van der Waals surface area contributed by atoms with E-state index in [4.69, 9.17) is 23.2 Å². The highest BCUT2D eigenvalue weighted by molar-refractivity contribution is 6.42. The molecule has 1 heterocycles. The van der Waals surface area contributed by atoms with E-state index in [1.165, 1.54) is 12.1 Å². The van der Waals surface area contributed by atoms with Crippen molar-refractivity contribution in [3.05, 3.63) is 51.5 Å². The molecule has 178 valence electrons. The number of hydrogen-bond acceptors (Lipinski definition) is 3. The van der Waals surface area contributed by atoms with Crippen LogP contribution in [0.15, 0.2) is 24.4 Å². The van der Waals surface area contributed by atoms with Crippen molar-refractivity contribution in [3.8, 4) is 0 Å². The van der Waals surface area contributed by atoms with Gasteiger partial charge in [0.1, 0.15) is 5.82 Å². The second-order valence-corrected chi connectivity index (χ2v) is 10.4. The van der Waals surface area contributed by atoms with Gasteiger partial charge in [0.05, 0.1) is 22.5 Å². The Morgan fingerprint density at radius 1 is 1.24 bits per heavy atom. The number of nitrogens with zero attached hydrogens (tertiary/aromatic N) is 1. The Hall–Kier alpha value is -2.12.